The number of likely N-dealkylation sites (N-methyl/N-ethyl adjacent to an activating group) is 1. The van der Waals surface area contributed by atoms with Crippen LogP contribution in [-0.2, 0) is 24.8 Å². The van der Waals surface area contributed by atoms with Crippen molar-refractivity contribution < 1.29 is 57.4 Å². The molecule has 1 aromatic rings. The topological polar surface area (TPSA) is 256 Å². The maximum atomic E-state index is 13.6. The van der Waals surface area contributed by atoms with Gasteiger partial charge >= 0.3 is 10.4 Å². The summed E-state index contributed by atoms with van der Waals surface area (Å²) in [6, 6.07) is 1.25. The van der Waals surface area contributed by atoms with E-state index in [2.05, 4.69) is 0 Å². The Morgan fingerprint density at radius 2 is 1.70 bits per heavy atom. The number of aliphatic hydroxyl groups is 4. The summed E-state index contributed by atoms with van der Waals surface area (Å²) in [4.78, 5) is 39.8. The monoisotopic (exact) mass is 562 g/mol. The third kappa shape index (κ3) is 4.48. The van der Waals surface area contributed by atoms with Gasteiger partial charge in [-0.3, -0.25) is 28.4 Å². The van der Waals surface area contributed by atoms with Crippen LogP contribution in [-0.4, -0.2) is 91.2 Å². The number of ketones is 2. The molecule has 1 fully saturated rings. The van der Waals surface area contributed by atoms with Crippen LogP contribution in [0.15, 0.2) is 29.0 Å². The van der Waals surface area contributed by atoms with Crippen LogP contribution >= 0.6 is 11.6 Å². The lowest BCUT2D eigenvalue weighted by Crippen LogP contribution is -2.66. The van der Waals surface area contributed by atoms with Crippen molar-refractivity contribution in [3.63, 3.8) is 0 Å². The zero-order chi connectivity index (χ0) is 28.4. The number of carbonyl (C=O) groups is 3. The van der Waals surface area contributed by atoms with Crippen LogP contribution in [0.25, 0.3) is 5.76 Å². The number of amides is 1. The lowest BCUT2D eigenvalue weighted by atomic mass is 9.57. The highest BCUT2D eigenvalue weighted by Crippen LogP contribution is 2.56. The molecule has 37 heavy (non-hydrogen) atoms. The Morgan fingerprint density at radius 3 is 2.19 bits per heavy atom. The van der Waals surface area contributed by atoms with Crippen LogP contribution < -0.4 is 5.73 Å². The number of rotatable bonds is 2. The van der Waals surface area contributed by atoms with Crippen molar-refractivity contribution in [3.05, 3.63) is 45.2 Å². The first-order valence-corrected chi connectivity index (χ1v) is 12.2. The van der Waals surface area contributed by atoms with Gasteiger partial charge < -0.3 is 31.3 Å². The first-order valence-electron chi connectivity index (χ1n) is 10.4. The highest BCUT2D eigenvalue weighted by molar-refractivity contribution is 7.79. The maximum absolute atomic E-state index is 13.6. The summed E-state index contributed by atoms with van der Waals surface area (Å²) in [6.07, 6.45) is -1.70. The zero-order valence-corrected chi connectivity index (χ0v) is 20.7. The quantitative estimate of drug-likeness (QED) is 0.166. The SMILES string of the molecule is CN(C)[C@@H]1C(=O)C(C(N)=O)=C(O)[C@@]2(O)C(=O)C3=C(O)c4c(O)ccc(Cl)c4[C@@H](O)[C@H]3C[C@@H]12.O=S(=O)(O)O. The minimum absolute atomic E-state index is 0.00251. The van der Waals surface area contributed by atoms with Gasteiger partial charge in [0.15, 0.2) is 11.4 Å². The fourth-order valence-electron chi connectivity index (χ4n) is 5.24. The zero-order valence-electron chi connectivity index (χ0n) is 19.2. The molecule has 1 aromatic carbocycles. The first-order chi connectivity index (χ1) is 16.8. The molecule has 0 aliphatic heterocycles. The summed E-state index contributed by atoms with van der Waals surface area (Å²) in [5.74, 6) is -8.19. The Labute approximate surface area is 214 Å². The molecular formula is C21H23ClN2O12S. The van der Waals surface area contributed by atoms with E-state index in [1.807, 2.05) is 0 Å². The molecule has 14 nitrogen and oxygen atoms in total. The van der Waals surface area contributed by atoms with Crippen molar-refractivity contribution in [2.45, 2.75) is 24.2 Å². The van der Waals surface area contributed by atoms with Crippen molar-refractivity contribution in [2.24, 2.45) is 17.6 Å². The summed E-state index contributed by atoms with van der Waals surface area (Å²) >= 11 is 6.19. The number of nitrogens with two attached hydrogens (primary N) is 1. The van der Waals surface area contributed by atoms with Gasteiger partial charge in [-0.2, -0.15) is 8.42 Å². The molecule has 4 rings (SSSR count). The van der Waals surface area contributed by atoms with E-state index in [9.17, 15) is 39.9 Å². The number of nitrogens with zero attached hydrogens (tertiary/aromatic N) is 1. The lowest BCUT2D eigenvalue weighted by Gasteiger charge is -2.51. The molecule has 0 spiro atoms. The highest BCUT2D eigenvalue weighted by atomic mass is 35.5. The molecule has 0 aromatic heterocycles. The van der Waals surface area contributed by atoms with Gasteiger partial charge in [0, 0.05) is 28.0 Å². The van der Waals surface area contributed by atoms with Crippen LogP contribution in [0.1, 0.15) is 23.7 Å². The van der Waals surface area contributed by atoms with Crippen molar-refractivity contribution >= 4 is 45.2 Å². The highest BCUT2D eigenvalue weighted by Gasteiger charge is 2.65. The minimum Gasteiger partial charge on any atom is -0.508 e. The maximum Gasteiger partial charge on any atom is 0.394 e. The number of aliphatic hydroxyl groups excluding tert-OH is 3. The normalized spacial score (nSPS) is 29.3. The number of benzene rings is 1. The predicted octanol–water partition coefficient (Wildman–Crippen LogP) is -0.544. The van der Waals surface area contributed by atoms with Crippen LogP contribution in [0.4, 0.5) is 0 Å². The Bertz CT molecular complexity index is 1380. The van der Waals surface area contributed by atoms with Crippen LogP contribution in [0.5, 0.6) is 5.75 Å². The van der Waals surface area contributed by atoms with Gasteiger partial charge in [-0.1, -0.05) is 11.6 Å². The Balaban J connectivity index is 0.000000695. The Morgan fingerprint density at radius 1 is 1.16 bits per heavy atom. The second kappa shape index (κ2) is 9.36. The van der Waals surface area contributed by atoms with Crippen LogP contribution in [0.2, 0.25) is 5.02 Å². The fourth-order valence-corrected chi connectivity index (χ4v) is 5.51. The third-order valence-electron chi connectivity index (χ3n) is 6.64. The van der Waals surface area contributed by atoms with Gasteiger partial charge in [0.25, 0.3) is 5.91 Å². The van der Waals surface area contributed by atoms with Gasteiger partial charge in [-0.15, -0.1) is 0 Å². The summed E-state index contributed by atoms with van der Waals surface area (Å²) in [5.41, 5.74) is 0.845. The predicted molar refractivity (Wildman–Crippen MR) is 125 cm³/mol. The molecule has 3 aliphatic carbocycles. The number of hydrogen-bond donors (Lipinski definition) is 8. The standard InChI is InChI=1S/C21H21ClN2O8.H2O4S/c1-24(2)14-7-5-6-10(16(27)12-9(25)4-3-8(22)11(12)15(6)26)18(29)21(7,32)19(30)13(17(14)28)20(23)31;1-5(2,3)4/h3-4,6-7,14-15,25-27,30,32H,5H2,1-2H3,(H2,23,31);(H2,1,2,3,4)/t6-,7-,14-,15-,21-;/m0./s1. The van der Waals surface area contributed by atoms with Crippen molar-refractivity contribution in [1.29, 1.82) is 0 Å². The number of carbonyl (C=O) groups excluding carboxylic acids is 3. The Kier molecular flexibility index (Phi) is 7.21. The molecule has 3 aliphatic rings. The largest absolute Gasteiger partial charge is 0.508 e. The summed E-state index contributed by atoms with van der Waals surface area (Å²) < 4.78 is 31.6. The molecule has 202 valence electrons. The van der Waals surface area contributed by atoms with E-state index >= 15 is 0 Å². The second-order valence-corrected chi connectivity index (χ2v) is 10.2. The molecule has 0 radical (unpaired) electrons. The molecule has 0 bridgehead atoms. The van der Waals surface area contributed by atoms with Crippen molar-refractivity contribution in [2.75, 3.05) is 14.1 Å². The number of halogens is 1. The van der Waals surface area contributed by atoms with E-state index in [0.29, 0.717) is 0 Å². The van der Waals surface area contributed by atoms with Gasteiger partial charge in [-0.25, -0.2) is 0 Å². The van der Waals surface area contributed by atoms with Crippen LogP contribution in [0.3, 0.4) is 0 Å². The molecule has 0 heterocycles. The third-order valence-corrected chi connectivity index (χ3v) is 6.97. The molecule has 0 unspecified atom stereocenters. The average molecular weight is 563 g/mol. The van der Waals surface area contributed by atoms with E-state index in [0.717, 1.165) is 0 Å². The average Bonchev–Trinajstić information content (AvgIpc) is 2.74. The summed E-state index contributed by atoms with van der Waals surface area (Å²) in [6.45, 7) is 0. The van der Waals surface area contributed by atoms with Crippen molar-refractivity contribution in [1.82, 2.24) is 4.90 Å². The second-order valence-electron chi connectivity index (χ2n) is 8.91. The number of aromatic hydroxyl groups is 1. The van der Waals surface area contributed by atoms with Gasteiger partial charge in [0.1, 0.15) is 22.8 Å². The fraction of sp³-hybridized carbons (Fsp3) is 0.381. The van der Waals surface area contributed by atoms with E-state index in [1.165, 1.54) is 31.1 Å². The van der Waals surface area contributed by atoms with E-state index in [4.69, 9.17) is 34.9 Å². The van der Waals surface area contributed by atoms with E-state index in [1.54, 1.807) is 0 Å². The first kappa shape index (κ1) is 28.5. The number of hydrogen-bond acceptors (Lipinski definition) is 11. The molecule has 1 amide bonds. The Hall–Kier alpha value is -3.05. The van der Waals surface area contributed by atoms with Gasteiger partial charge in [0.05, 0.1) is 17.7 Å². The molecule has 9 N–H and O–H groups in total. The molecule has 16 heteroatoms. The molecular weight excluding hydrogens is 540 g/mol. The number of phenolic OH excluding ortho intramolecular Hbond substituents is 1. The lowest BCUT2D eigenvalue weighted by molar-refractivity contribution is -0.155. The van der Waals surface area contributed by atoms with E-state index in [-0.39, 0.29) is 22.6 Å². The van der Waals surface area contributed by atoms with Gasteiger partial charge in [0.2, 0.25) is 5.78 Å². The van der Waals surface area contributed by atoms with E-state index < -0.39 is 85.9 Å². The molecule has 0 saturated heterocycles. The van der Waals surface area contributed by atoms with Crippen molar-refractivity contribution in [3.8, 4) is 5.75 Å². The summed E-state index contributed by atoms with van der Waals surface area (Å²) in [7, 11) is -1.70. The number of Topliss-reactive ketones (excluding diaryl/α,β-unsaturated/α-hetero) is 2. The number of primary amides is 1. The summed E-state index contributed by atoms with van der Waals surface area (Å²) in [5, 5.41) is 54.4. The molecule has 1 saturated carbocycles. The number of phenols is 1. The smallest absolute Gasteiger partial charge is 0.394 e. The number of fused-ring (bicyclic) bond motifs is 3. The minimum atomic E-state index is -4.67. The van der Waals surface area contributed by atoms with Gasteiger partial charge in [-0.05, 0) is 32.6 Å². The van der Waals surface area contributed by atoms with Crippen LogP contribution in [0, 0.1) is 11.8 Å². The molecule has 5 atom stereocenters.